The van der Waals surface area contributed by atoms with Gasteiger partial charge in [-0.15, -0.1) is 0 Å². The van der Waals surface area contributed by atoms with E-state index in [1.165, 1.54) is 0 Å². The molecule has 5 nitrogen and oxygen atoms in total. The summed E-state index contributed by atoms with van der Waals surface area (Å²) in [6.07, 6.45) is 3.74. The van der Waals surface area contributed by atoms with Crippen LogP contribution in [0.4, 0.5) is 4.79 Å². The molecule has 1 saturated heterocycles. The van der Waals surface area contributed by atoms with E-state index in [0.717, 1.165) is 35.8 Å². The van der Waals surface area contributed by atoms with Crippen LogP contribution in [0.5, 0.6) is 0 Å². The molecule has 110 valence electrons. The summed E-state index contributed by atoms with van der Waals surface area (Å²) in [6, 6.07) is 9.95. The molecule has 2 heterocycles. The molecule has 2 amide bonds. The van der Waals surface area contributed by atoms with E-state index in [2.05, 4.69) is 10.4 Å². The summed E-state index contributed by atoms with van der Waals surface area (Å²) in [7, 11) is 0. The van der Waals surface area contributed by atoms with Crippen molar-refractivity contribution in [1.82, 2.24) is 20.0 Å². The van der Waals surface area contributed by atoms with E-state index in [-0.39, 0.29) is 6.03 Å². The van der Waals surface area contributed by atoms with E-state index in [0.29, 0.717) is 6.54 Å². The highest BCUT2D eigenvalue weighted by atomic mass is 32.2. The maximum absolute atomic E-state index is 12.0. The molecule has 21 heavy (non-hydrogen) atoms. The third-order valence-corrected chi connectivity index (χ3v) is 4.34. The van der Waals surface area contributed by atoms with Crippen molar-refractivity contribution in [2.75, 3.05) is 24.6 Å². The van der Waals surface area contributed by atoms with Gasteiger partial charge in [0.25, 0.3) is 0 Å². The minimum atomic E-state index is 0.0164. The average Bonchev–Trinajstić information content (AvgIpc) is 3.03. The van der Waals surface area contributed by atoms with Gasteiger partial charge in [-0.25, -0.2) is 9.48 Å². The highest BCUT2D eigenvalue weighted by molar-refractivity contribution is 7.99. The van der Waals surface area contributed by atoms with Crippen molar-refractivity contribution in [2.45, 2.75) is 6.54 Å². The summed E-state index contributed by atoms with van der Waals surface area (Å²) in [5.74, 6) is 2.05. The first-order valence-electron chi connectivity index (χ1n) is 7.02. The topological polar surface area (TPSA) is 50.2 Å². The molecular formula is C15H18N4OS. The molecule has 1 aliphatic rings. The summed E-state index contributed by atoms with van der Waals surface area (Å²) in [6.45, 7) is 2.18. The molecule has 6 heteroatoms. The second-order valence-electron chi connectivity index (χ2n) is 4.89. The van der Waals surface area contributed by atoms with Crippen molar-refractivity contribution < 1.29 is 4.79 Å². The van der Waals surface area contributed by atoms with Crippen LogP contribution in [0.25, 0.3) is 5.69 Å². The lowest BCUT2D eigenvalue weighted by Gasteiger charge is -2.26. The number of para-hydroxylation sites is 1. The molecule has 1 aromatic heterocycles. The molecule has 0 atom stereocenters. The number of carbonyl (C=O) groups excluding carboxylic acids is 1. The van der Waals surface area contributed by atoms with E-state index in [4.69, 9.17) is 0 Å². The molecule has 0 radical (unpaired) electrons. The lowest BCUT2D eigenvalue weighted by molar-refractivity contribution is 0.202. The van der Waals surface area contributed by atoms with E-state index < -0.39 is 0 Å². The quantitative estimate of drug-likeness (QED) is 0.945. The van der Waals surface area contributed by atoms with Gasteiger partial charge in [-0.3, -0.25) is 0 Å². The van der Waals surface area contributed by atoms with Gasteiger partial charge in [-0.2, -0.15) is 16.9 Å². The van der Waals surface area contributed by atoms with Crippen molar-refractivity contribution >= 4 is 17.8 Å². The number of nitrogens with zero attached hydrogens (tertiary/aromatic N) is 3. The van der Waals surface area contributed by atoms with Crippen LogP contribution in [0.2, 0.25) is 0 Å². The molecule has 1 aliphatic heterocycles. The van der Waals surface area contributed by atoms with Gasteiger partial charge in [-0.1, -0.05) is 18.2 Å². The lowest BCUT2D eigenvalue weighted by Crippen LogP contribution is -2.44. The summed E-state index contributed by atoms with van der Waals surface area (Å²) in [5, 5.41) is 7.28. The fourth-order valence-electron chi connectivity index (χ4n) is 2.23. The number of hydrogen-bond donors (Lipinski definition) is 1. The number of urea groups is 1. The summed E-state index contributed by atoms with van der Waals surface area (Å²) >= 11 is 1.90. The van der Waals surface area contributed by atoms with Crippen LogP contribution in [-0.2, 0) is 6.54 Å². The number of thioether (sulfide) groups is 1. The van der Waals surface area contributed by atoms with E-state index in [9.17, 15) is 4.79 Å². The fraction of sp³-hybridized carbons (Fsp3) is 0.333. The Kier molecular flexibility index (Phi) is 4.45. The smallest absolute Gasteiger partial charge is 0.317 e. The van der Waals surface area contributed by atoms with Crippen LogP contribution in [0, 0.1) is 0 Å². The van der Waals surface area contributed by atoms with Crippen molar-refractivity contribution in [1.29, 1.82) is 0 Å². The minimum Gasteiger partial charge on any atom is -0.334 e. The molecule has 0 spiro atoms. The van der Waals surface area contributed by atoms with Gasteiger partial charge < -0.3 is 10.2 Å². The number of benzene rings is 1. The molecular weight excluding hydrogens is 284 g/mol. The summed E-state index contributed by atoms with van der Waals surface area (Å²) < 4.78 is 1.82. The number of hydrogen-bond acceptors (Lipinski definition) is 3. The maximum Gasteiger partial charge on any atom is 0.317 e. The summed E-state index contributed by atoms with van der Waals surface area (Å²) in [5.41, 5.74) is 2.02. The van der Waals surface area contributed by atoms with Crippen LogP contribution in [0.15, 0.2) is 42.7 Å². The van der Waals surface area contributed by atoms with Crippen LogP contribution >= 0.6 is 11.8 Å². The second kappa shape index (κ2) is 6.67. The van der Waals surface area contributed by atoms with Crippen LogP contribution in [-0.4, -0.2) is 45.3 Å². The average molecular weight is 302 g/mol. The van der Waals surface area contributed by atoms with Gasteiger partial charge in [0.1, 0.15) is 0 Å². The number of rotatable bonds is 3. The molecule has 2 aromatic rings. The van der Waals surface area contributed by atoms with Crippen molar-refractivity contribution in [3.8, 4) is 5.69 Å². The van der Waals surface area contributed by atoms with Crippen molar-refractivity contribution in [3.05, 3.63) is 48.3 Å². The molecule has 1 fully saturated rings. The van der Waals surface area contributed by atoms with Crippen molar-refractivity contribution in [2.24, 2.45) is 0 Å². The number of carbonyl (C=O) groups is 1. The number of nitrogens with one attached hydrogen (secondary N) is 1. The van der Waals surface area contributed by atoms with Gasteiger partial charge in [0.15, 0.2) is 0 Å². The maximum atomic E-state index is 12.0. The minimum absolute atomic E-state index is 0.0164. The first-order valence-corrected chi connectivity index (χ1v) is 8.18. The number of amides is 2. The van der Waals surface area contributed by atoms with Crippen molar-refractivity contribution in [3.63, 3.8) is 0 Å². The molecule has 3 rings (SSSR count). The second-order valence-corrected chi connectivity index (χ2v) is 6.11. The highest BCUT2D eigenvalue weighted by Crippen LogP contribution is 2.10. The Balaban J connectivity index is 1.56. The largest absolute Gasteiger partial charge is 0.334 e. The van der Waals surface area contributed by atoms with Gasteiger partial charge in [0.2, 0.25) is 0 Å². The third-order valence-electron chi connectivity index (χ3n) is 3.40. The molecule has 1 N–H and O–H groups in total. The third kappa shape index (κ3) is 3.58. The fourth-order valence-corrected chi connectivity index (χ4v) is 3.13. The highest BCUT2D eigenvalue weighted by Gasteiger charge is 2.16. The lowest BCUT2D eigenvalue weighted by atomic mass is 10.3. The zero-order valence-electron chi connectivity index (χ0n) is 11.7. The Morgan fingerprint density at radius 2 is 2.00 bits per heavy atom. The SMILES string of the molecule is O=C(NCc1cnn(-c2ccccc2)c1)N1CCSCC1. The van der Waals surface area contributed by atoms with Gasteiger partial charge in [-0.05, 0) is 12.1 Å². The van der Waals surface area contributed by atoms with E-state index >= 15 is 0 Å². The molecule has 0 bridgehead atoms. The molecule has 0 aliphatic carbocycles. The Morgan fingerprint density at radius 1 is 1.24 bits per heavy atom. The Bertz CT molecular complexity index is 593. The molecule has 0 saturated carbocycles. The molecule has 1 aromatic carbocycles. The Morgan fingerprint density at radius 3 is 2.76 bits per heavy atom. The normalized spacial score (nSPS) is 15.0. The van der Waals surface area contributed by atoms with Gasteiger partial charge in [0, 0.05) is 42.9 Å². The standard InChI is InChI=1S/C15H18N4OS/c20-15(18-6-8-21-9-7-18)16-10-13-11-17-19(12-13)14-4-2-1-3-5-14/h1-5,11-12H,6-10H2,(H,16,20). The number of aromatic nitrogens is 2. The van der Waals surface area contributed by atoms with Gasteiger partial charge in [0.05, 0.1) is 11.9 Å². The van der Waals surface area contributed by atoms with Crippen LogP contribution in [0.3, 0.4) is 0 Å². The van der Waals surface area contributed by atoms with Crippen LogP contribution in [0.1, 0.15) is 5.56 Å². The van der Waals surface area contributed by atoms with E-state index in [1.807, 2.05) is 57.9 Å². The predicted molar refractivity (Wildman–Crippen MR) is 84.7 cm³/mol. The predicted octanol–water partition coefficient (Wildman–Crippen LogP) is 2.13. The zero-order valence-corrected chi connectivity index (χ0v) is 12.6. The van der Waals surface area contributed by atoms with Gasteiger partial charge >= 0.3 is 6.03 Å². The first-order chi connectivity index (χ1) is 10.3. The summed E-state index contributed by atoms with van der Waals surface area (Å²) in [4.78, 5) is 13.9. The van der Waals surface area contributed by atoms with Crippen LogP contribution < -0.4 is 5.32 Å². The molecule has 0 unspecified atom stereocenters. The van der Waals surface area contributed by atoms with E-state index in [1.54, 1.807) is 6.20 Å². The Labute approximate surface area is 128 Å². The monoisotopic (exact) mass is 302 g/mol. The first kappa shape index (κ1) is 14.0. The Hall–Kier alpha value is -1.95. The zero-order chi connectivity index (χ0) is 14.5.